The molecule has 1 aromatic heterocycles. The van der Waals surface area contributed by atoms with Crippen LogP contribution < -0.4 is 5.32 Å². The molecule has 0 radical (unpaired) electrons. The van der Waals surface area contributed by atoms with Crippen LogP contribution in [0, 0.1) is 5.82 Å². The number of oxazole rings is 1. The van der Waals surface area contributed by atoms with E-state index in [1.165, 1.54) is 12.3 Å². The smallest absolute Gasteiger partial charge is 0.252 e. The van der Waals surface area contributed by atoms with Crippen molar-refractivity contribution in [2.45, 2.75) is 26.3 Å². The van der Waals surface area contributed by atoms with Crippen molar-refractivity contribution in [1.82, 2.24) is 10.3 Å². The zero-order valence-electron chi connectivity index (χ0n) is 14.1. The number of carbonyl (C=O) groups excluding carboxylic acids is 1. The maximum absolute atomic E-state index is 13.9. The summed E-state index contributed by atoms with van der Waals surface area (Å²) in [5.74, 6) is 0.0435. The van der Waals surface area contributed by atoms with Crippen molar-refractivity contribution in [3.63, 3.8) is 0 Å². The van der Waals surface area contributed by atoms with Crippen LogP contribution in [0.15, 0.2) is 59.1 Å². The molecule has 25 heavy (non-hydrogen) atoms. The minimum Gasteiger partial charge on any atom is -0.436 e. The molecule has 1 atom stereocenters. The highest BCUT2D eigenvalue weighted by atomic mass is 19.1. The Morgan fingerprint density at radius 2 is 1.84 bits per heavy atom. The van der Waals surface area contributed by atoms with Crippen molar-refractivity contribution in [2.24, 2.45) is 0 Å². The zero-order valence-corrected chi connectivity index (χ0v) is 14.1. The molecule has 5 heteroatoms. The number of aromatic nitrogens is 1. The molecular formula is C20H19FN2O2. The van der Waals surface area contributed by atoms with Gasteiger partial charge in [-0.2, -0.15) is 0 Å². The molecule has 1 N–H and O–H groups in total. The molecule has 0 bridgehead atoms. The molecular weight excluding hydrogens is 319 g/mol. The van der Waals surface area contributed by atoms with E-state index in [4.69, 9.17) is 4.42 Å². The van der Waals surface area contributed by atoms with E-state index in [9.17, 15) is 9.18 Å². The summed E-state index contributed by atoms with van der Waals surface area (Å²) in [6.45, 7) is 3.95. The van der Waals surface area contributed by atoms with Gasteiger partial charge < -0.3 is 9.73 Å². The van der Waals surface area contributed by atoms with Gasteiger partial charge in [0.15, 0.2) is 5.76 Å². The predicted octanol–water partition coefficient (Wildman–Crippen LogP) is 4.68. The number of halogens is 1. The number of hydrogen-bond donors (Lipinski definition) is 1. The topological polar surface area (TPSA) is 55.1 Å². The largest absolute Gasteiger partial charge is 0.436 e. The van der Waals surface area contributed by atoms with Gasteiger partial charge in [-0.25, -0.2) is 9.37 Å². The van der Waals surface area contributed by atoms with Crippen LogP contribution in [0.4, 0.5) is 4.39 Å². The van der Waals surface area contributed by atoms with E-state index >= 15 is 0 Å². The maximum atomic E-state index is 13.9. The van der Waals surface area contributed by atoms with E-state index in [-0.39, 0.29) is 23.7 Å². The van der Waals surface area contributed by atoms with Gasteiger partial charge in [0, 0.05) is 11.6 Å². The summed E-state index contributed by atoms with van der Waals surface area (Å²) < 4.78 is 19.7. The molecule has 0 saturated heterocycles. The van der Waals surface area contributed by atoms with Crippen molar-refractivity contribution < 1.29 is 13.6 Å². The number of amides is 1. The Hall–Kier alpha value is -2.95. The Labute approximate surface area is 145 Å². The molecule has 0 aliphatic heterocycles. The van der Waals surface area contributed by atoms with Gasteiger partial charge in [-0.3, -0.25) is 4.79 Å². The molecule has 0 saturated carbocycles. The first-order valence-corrected chi connectivity index (χ1v) is 8.21. The third-order valence-corrected chi connectivity index (χ3v) is 4.04. The normalized spacial score (nSPS) is 12.0. The van der Waals surface area contributed by atoms with Gasteiger partial charge >= 0.3 is 0 Å². The lowest BCUT2D eigenvalue weighted by atomic mass is 10.1. The summed E-state index contributed by atoms with van der Waals surface area (Å²) in [5.41, 5.74) is 1.39. The Kier molecular flexibility index (Phi) is 4.93. The van der Waals surface area contributed by atoms with Crippen molar-refractivity contribution in [1.29, 1.82) is 0 Å². The maximum Gasteiger partial charge on any atom is 0.252 e. The van der Waals surface area contributed by atoms with Gasteiger partial charge in [0.25, 0.3) is 5.91 Å². The summed E-state index contributed by atoms with van der Waals surface area (Å²) >= 11 is 0. The molecule has 0 fully saturated rings. The Morgan fingerprint density at radius 1 is 1.16 bits per heavy atom. The van der Waals surface area contributed by atoms with Gasteiger partial charge in [0.1, 0.15) is 5.82 Å². The minimum atomic E-state index is -0.381. The fraction of sp³-hybridized carbons (Fsp3) is 0.200. The van der Waals surface area contributed by atoms with E-state index in [0.29, 0.717) is 22.5 Å². The predicted molar refractivity (Wildman–Crippen MR) is 94.6 cm³/mol. The number of rotatable bonds is 5. The number of nitrogens with zero attached hydrogens (tertiary/aromatic N) is 1. The molecule has 0 aliphatic rings. The number of hydrogen-bond acceptors (Lipinski definition) is 3. The van der Waals surface area contributed by atoms with E-state index in [0.717, 1.165) is 6.42 Å². The van der Waals surface area contributed by atoms with Crippen LogP contribution >= 0.6 is 0 Å². The molecule has 0 spiro atoms. The van der Waals surface area contributed by atoms with Gasteiger partial charge in [0.05, 0.1) is 17.3 Å². The lowest BCUT2D eigenvalue weighted by molar-refractivity contribution is 0.0939. The molecule has 1 amide bonds. The summed E-state index contributed by atoms with van der Waals surface area (Å²) in [4.78, 5) is 16.7. The second-order valence-electron chi connectivity index (χ2n) is 5.84. The average molecular weight is 338 g/mol. The summed E-state index contributed by atoms with van der Waals surface area (Å²) in [6.07, 6.45) is 2.31. The molecule has 128 valence electrons. The first-order valence-electron chi connectivity index (χ1n) is 8.21. The van der Waals surface area contributed by atoms with Gasteiger partial charge in [0.2, 0.25) is 5.89 Å². The molecule has 3 rings (SSSR count). The molecule has 3 aromatic rings. The number of nitrogens with one attached hydrogen (secondary N) is 1. The standard InChI is InChI=1S/C20H19FN2O2/c1-3-13(2)23-19(24)14-8-4-5-9-15(14)20-22-12-18(25-20)16-10-6-7-11-17(16)21/h4-13H,3H2,1-2H3,(H,23,24)/t13-/m1/s1. The molecule has 0 aliphatic carbocycles. The fourth-order valence-corrected chi connectivity index (χ4v) is 2.46. The lowest BCUT2D eigenvalue weighted by Gasteiger charge is -2.12. The van der Waals surface area contributed by atoms with Gasteiger partial charge in [-0.1, -0.05) is 31.2 Å². The van der Waals surface area contributed by atoms with Crippen LogP contribution in [-0.2, 0) is 0 Å². The second-order valence-corrected chi connectivity index (χ2v) is 5.84. The highest BCUT2D eigenvalue weighted by Gasteiger charge is 2.18. The number of carbonyl (C=O) groups is 1. The van der Waals surface area contributed by atoms with Gasteiger partial charge in [-0.15, -0.1) is 0 Å². The third-order valence-electron chi connectivity index (χ3n) is 4.04. The van der Waals surface area contributed by atoms with Crippen LogP contribution in [0.2, 0.25) is 0 Å². The Balaban J connectivity index is 1.96. The summed E-state index contributed by atoms with van der Waals surface area (Å²) in [6, 6.07) is 13.5. The second kappa shape index (κ2) is 7.30. The highest BCUT2D eigenvalue weighted by Crippen LogP contribution is 2.29. The number of benzene rings is 2. The molecule has 2 aromatic carbocycles. The van der Waals surface area contributed by atoms with E-state index < -0.39 is 0 Å². The van der Waals surface area contributed by atoms with E-state index in [1.807, 2.05) is 19.9 Å². The monoisotopic (exact) mass is 338 g/mol. The van der Waals surface area contributed by atoms with Crippen molar-refractivity contribution in [3.8, 4) is 22.8 Å². The SMILES string of the molecule is CC[C@@H](C)NC(=O)c1ccccc1-c1ncc(-c2ccccc2F)o1. The third kappa shape index (κ3) is 3.60. The van der Waals surface area contributed by atoms with Crippen LogP contribution in [0.3, 0.4) is 0 Å². The summed E-state index contributed by atoms with van der Waals surface area (Å²) in [7, 11) is 0. The van der Waals surface area contributed by atoms with Crippen molar-refractivity contribution in [3.05, 3.63) is 66.1 Å². The van der Waals surface area contributed by atoms with Crippen LogP contribution in [-0.4, -0.2) is 16.9 Å². The van der Waals surface area contributed by atoms with Crippen molar-refractivity contribution >= 4 is 5.91 Å². The first kappa shape index (κ1) is 16.9. The molecule has 4 nitrogen and oxygen atoms in total. The lowest BCUT2D eigenvalue weighted by Crippen LogP contribution is -2.32. The van der Waals surface area contributed by atoms with Crippen LogP contribution in [0.1, 0.15) is 30.6 Å². The minimum absolute atomic E-state index is 0.0686. The molecule has 1 heterocycles. The highest BCUT2D eigenvalue weighted by molar-refractivity contribution is 6.00. The summed E-state index contributed by atoms with van der Waals surface area (Å²) in [5, 5.41) is 2.94. The fourth-order valence-electron chi connectivity index (χ4n) is 2.46. The quantitative estimate of drug-likeness (QED) is 0.735. The van der Waals surface area contributed by atoms with Crippen LogP contribution in [0.25, 0.3) is 22.8 Å². The Bertz CT molecular complexity index is 889. The van der Waals surface area contributed by atoms with E-state index in [1.54, 1.807) is 36.4 Å². The van der Waals surface area contributed by atoms with Crippen LogP contribution in [0.5, 0.6) is 0 Å². The van der Waals surface area contributed by atoms with Crippen molar-refractivity contribution in [2.75, 3.05) is 0 Å². The first-order chi connectivity index (χ1) is 12.1. The Morgan fingerprint density at radius 3 is 2.56 bits per heavy atom. The molecule has 0 unspecified atom stereocenters. The average Bonchev–Trinajstić information content (AvgIpc) is 3.11. The zero-order chi connectivity index (χ0) is 17.8. The van der Waals surface area contributed by atoms with Gasteiger partial charge in [-0.05, 0) is 37.6 Å². The van der Waals surface area contributed by atoms with E-state index in [2.05, 4.69) is 10.3 Å².